The molecule has 104 valence electrons. The van der Waals surface area contributed by atoms with Gasteiger partial charge in [-0.1, -0.05) is 0 Å². The van der Waals surface area contributed by atoms with E-state index in [1.165, 1.54) is 0 Å². The van der Waals surface area contributed by atoms with Crippen molar-refractivity contribution in [2.75, 3.05) is 53.4 Å². The van der Waals surface area contributed by atoms with E-state index in [0.717, 1.165) is 6.42 Å². The Morgan fingerprint density at radius 1 is 0.765 bits per heavy atom. The van der Waals surface area contributed by atoms with Crippen LogP contribution >= 0.6 is 0 Å². The molecule has 0 heterocycles. The van der Waals surface area contributed by atoms with Crippen molar-refractivity contribution in [3.8, 4) is 0 Å². The van der Waals surface area contributed by atoms with Gasteiger partial charge >= 0.3 is 0 Å². The van der Waals surface area contributed by atoms with Crippen molar-refractivity contribution in [3.63, 3.8) is 0 Å². The quantitative estimate of drug-likeness (QED) is 0.366. The van der Waals surface area contributed by atoms with Gasteiger partial charge in [0.15, 0.2) is 6.29 Å². The highest BCUT2D eigenvalue weighted by Crippen LogP contribution is 2.01. The van der Waals surface area contributed by atoms with E-state index in [1.807, 2.05) is 13.8 Å². The molecule has 0 aliphatic rings. The Morgan fingerprint density at radius 3 is 1.82 bits per heavy atom. The van der Waals surface area contributed by atoms with E-state index in [4.69, 9.17) is 23.7 Å². The second-order valence-corrected chi connectivity index (χ2v) is 3.35. The van der Waals surface area contributed by atoms with Gasteiger partial charge in [0.1, 0.15) is 0 Å². The van der Waals surface area contributed by atoms with Crippen molar-refractivity contribution in [1.82, 2.24) is 0 Å². The molecule has 0 saturated carbocycles. The average molecular weight is 250 g/mol. The lowest BCUT2D eigenvalue weighted by Crippen LogP contribution is -2.20. The fraction of sp³-hybridized carbons (Fsp3) is 1.00. The van der Waals surface area contributed by atoms with E-state index in [-0.39, 0.29) is 6.29 Å². The monoisotopic (exact) mass is 250 g/mol. The zero-order valence-electron chi connectivity index (χ0n) is 11.3. The molecule has 5 heteroatoms. The summed E-state index contributed by atoms with van der Waals surface area (Å²) in [6.45, 7) is 8.27. The standard InChI is InChI=1S/C12H26O5/c1-4-16-12(17-5-2)6-7-14-10-11-15-9-8-13-3/h12H,4-11H2,1-3H3. The summed E-state index contributed by atoms with van der Waals surface area (Å²) in [4.78, 5) is 0. The number of hydrogen-bond donors (Lipinski definition) is 0. The summed E-state index contributed by atoms with van der Waals surface area (Å²) in [6.07, 6.45) is 0.596. The Bertz CT molecular complexity index is 137. The molecule has 0 aromatic carbocycles. The molecule has 0 amide bonds. The van der Waals surface area contributed by atoms with Crippen LogP contribution in [0.1, 0.15) is 20.3 Å². The molecule has 0 aromatic heterocycles. The SMILES string of the molecule is CCOC(CCOCCOCCOC)OCC. The summed E-state index contributed by atoms with van der Waals surface area (Å²) >= 11 is 0. The van der Waals surface area contributed by atoms with Gasteiger partial charge in [-0.05, 0) is 13.8 Å². The van der Waals surface area contributed by atoms with Crippen molar-refractivity contribution in [2.45, 2.75) is 26.6 Å². The lowest BCUT2D eigenvalue weighted by Gasteiger charge is -2.16. The van der Waals surface area contributed by atoms with E-state index < -0.39 is 0 Å². The molecule has 17 heavy (non-hydrogen) atoms. The van der Waals surface area contributed by atoms with Crippen molar-refractivity contribution in [1.29, 1.82) is 0 Å². The number of hydrogen-bond acceptors (Lipinski definition) is 5. The minimum absolute atomic E-state index is 0.153. The normalized spacial score (nSPS) is 11.3. The van der Waals surface area contributed by atoms with Crippen LogP contribution in [0.15, 0.2) is 0 Å². The maximum atomic E-state index is 5.41. The van der Waals surface area contributed by atoms with E-state index in [9.17, 15) is 0 Å². The molecule has 0 bridgehead atoms. The molecule has 0 aromatic rings. The van der Waals surface area contributed by atoms with E-state index >= 15 is 0 Å². The minimum atomic E-state index is -0.153. The smallest absolute Gasteiger partial charge is 0.159 e. The number of methoxy groups -OCH3 is 1. The summed E-state index contributed by atoms with van der Waals surface area (Å²) in [6, 6.07) is 0. The van der Waals surface area contributed by atoms with Gasteiger partial charge in [-0.15, -0.1) is 0 Å². The highest BCUT2D eigenvalue weighted by atomic mass is 16.7. The predicted molar refractivity (Wildman–Crippen MR) is 65.2 cm³/mol. The largest absolute Gasteiger partial charge is 0.382 e. The van der Waals surface area contributed by atoms with Crippen molar-refractivity contribution < 1.29 is 23.7 Å². The van der Waals surface area contributed by atoms with Gasteiger partial charge < -0.3 is 23.7 Å². The van der Waals surface area contributed by atoms with Crippen LogP contribution in [-0.4, -0.2) is 59.6 Å². The van der Waals surface area contributed by atoms with Gasteiger partial charge in [-0.2, -0.15) is 0 Å². The van der Waals surface area contributed by atoms with Crippen LogP contribution < -0.4 is 0 Å². The Labute approximate surface area is 104 Å². The van der Waals surface area contributed by atoms with Gasteiger partial charge in [0.05, 0.1) is 33.0 Å². The van der Waals surface area contributed by atoms with E-state index in [0.29, 0.717) is 46.2 Å². The predicted octanol–water partition coefficient (Wildman–Crippen LogP) is 1.46. The average Bonchev–Trinajstić information content (AvgIpc) is 2.33. The molecule has 5 nitrogen and oxygen atoms in total. The number of ether oxygens (including phenoxy) is 5. The molecule has 0 radical (unpaired) electrons. The lowest BCUT2D eigenvalue weighted by atomic mass is 10.4. The van der Waals surface area contributed by atoms with Gasteiger partial charge in [-0.25, -0.2) is 0 Å². The molecule has 0 rings (SSSR count). The zero-order chi connectivity index (χ0) is 12.8. The van der Waals surface area contributed by atoms with Gasteiger partial charge in [0, 0.05) is 26.7 Å². The molecule has 0 aliphatic heterocycles. The Hall–Kier alpha value is -0.200. The zero-order valence-corrected chi connectivity index (χ0v) is 11.3. The summed E-state index contributed by atoms with van der Waals surface area (Å²) in [7, 11) is 1.65. The van der Waals surface area contributed by atoms with Crippen molar-refractivity contribution in [2.24, 2.45) is 0 Å². The Kier molecular flexibility index (Phi) is 13.7. The first-order valence-electron chi connectivity index (χ1n) is 6.22. The molecule has 0 unspecified atom stereocenters. The first-order valence-corrected chi connectivity index (χ1v) is 6.22. The molecular formula is C12H26O5. The number of rotatable bonds is 13. The van der Waals surface area contributed by atoms with Crippen LogP contribution in [0, 0.1) is 0 Å². The highest BCUT2D eigenvalue weighted by Gasteiger charge is 2.06. The summed E-state index contributed by atoms with van der Waals surface area (Å²) in [5, 5.41) is 0. The fourth-order valence-electron chi connectivity index (χ4n) is 1.23. The van der Waals surface area contributed by atoms with Crippen molar-refractivity contribution in [3.05, 3.63) is 0 Å². The second kappa shape index (κ2) is 13.9. The Morgan fingerprint density at radius 2 is 1.29 bits per heavy atom. The molecule has 0 N–H and O–H groups in total. The van der Waals surface area contributed by atoms with Gasteiger partial charge in [0.25, 0.3) is 0 Å². The Balaban J connectivity index is 3.23. The minimum Gasteiger partial charge on any atom is -0.382 e. The summed E-state index contributed by atoms with van der Waals surface area (Å²) in [5.74, 6) is 0. The second-order valence-electron chi connectivity index (χ2n) is 3.35. The molecule has 0 fully saturated rings. The maximum Gasteiger partial charge on any atom is 0.159 e. The van der Waals surface area contributed by atoms with Crippen LogP contribution in [-0.2, 0) is 23.7 Å². The maximum absolute atomic E-state index is 5.41. The topological polar surface area (TPSA) is 46.2 Å². The fourth-order valence-corrected chi connectivity index (χ4v) is 1.23. The van der Waals surface area contributed by atoms with E-state index in [1.54, 1.807) is 7.11 Å². The lowest BCUT2D eigenvalue weighted by molar-refractivity contribution is -0.147. The molecule has 0 atom stereocenters. The summed E-state index contributed by atoms with van der Waals surface area (Å²) < 4.78 is 26.3. The molecular weight excluding hydrogens is 224 g/mol. The van der Waals surface area contributed by atoms with Crippen LogP contribution in [0.3, 0.4) is 0 Å². The molecule has 0 spiro atoms. The van der Waals surface area contributed by atoms with Crippen LogP contribution in [0.5, 0.6) is 0 Å². The van der Waals surface area contributed by atoms with Crippen LogP contribution in [0.25, 0.3) is 0 Å². The third-order valence-corrected chi connectivity index (χ3v) is 2.01. The highest BCUT2D eigenvalue weighted by molar-refractivity contribution is 4.44. The summed E-state index contributed by atoms with van der Waals surface area (Å²) in [5.41, 5.74) is 0. The molecule has 0 aliphatic carbocycles. The van der Waals surface area contributed by atoms with Crippen LogP contribution in [0.4, 0.5) is 0 Å². The van der Waals surface area contributed by atoms with Gasteiger partial charge in [-0.3, -0.25) is 0 Å². The third kappa shape index (κ3) is 12.1. The molecule has 0 saturated heterocycles. The van der Waals surface area contributed by atoms with Gasteiger partial charge in [0.2, 0.25) is 0 Å². The third-order valence-electron chi connectivity index (χ3n) is 2.01. The first-order chi connectivity index (χ1) is 8.35. The van der Waals surface area contributed by atoms with Crippen LogP contribution in [0.2, 0.25) is 0 Å². The van der Waals surface area contributed by atoms with Crippen molar-refractivity contribution >= 4 is 0 Å². The first kappa shape index (κ1) is 16.8. The van der Waals surface area contributed by atoms with E-state index in [2.05, 4.69) is 0 Å².